The van der Waals surface area contributed by atoms with E-state index in [0.717, 1.165) is 22.6 Å². The second-order valence-electron chi connectivity index (χ2n) is 5.93. The van der Waals surface area contributed by atoms with Crippen molar-refractivity contribution < 1.29 is 9.53 Å². The summed E-state index contributed by atoms with van der Waals surface area (Å²) in [4.78, 5) is 16.7. The summed E-state index contributed by atoms with van der Waals surface area (Å²) in [6, 6.07) is 13.5. The highest BCUT2D eigenvalue weighted by atomic mass is 32.2. The molecular formula is C19H18N4O2S. The van der Waals surface area contributed by atoms with Gasteiger partial charge in [0.1, 0.15) is 11.6 Å². The molecule has 1 aliphatic rings. The molecule has 7 heteroatoms. The summed E-state index contributed by atoms with van der Waals surface area (Å²) in [6.45, 7) is 1.96. The molecule has 1 aliphatic heterocycles. The number of carbonyl (C=O) groups is 1. The summed E-state index contributed by atoms with van der Waals surface area (Å²) in [6.07, 6.45) is 1.71. The highest BCUT2D eigenvalue weighted by Gasteiger charge is 2.32. The SMILES string of the molecule is COc1ccccc1[C@H]1SCC(=O)Nc2c1c(C)nn2-c1ccccn1. The maximum absolute atomic E-state index is 12.3. The van der Waals surface area contributed by atoms with Gasteiger partial charge in [0.2, 0.25) is 5.91 Å². The summed E-state index contributed by atoms with van der Waals surface area (Å²) < 4.78 is 7.26. The quantitative estimate of drug-likeness (QED) is 0.770. The third kappa shape index (κ3) is 2.84. The lowest BCUT2D eigenvalue weighted by molar-refractivity contribution is -0.113. The van der Waals surface area contributed by atoms with Gasteiger partial charge in [0.05, 0.1) is 23.8 Å². The first-order valence-corrected chi connectivity index (χ1v) is 9.29. The number of pyridine rings is 1. The number of para-hydroxylation sites is 1. The number of fused-ring (bicyclic) bond motifs is 1. The van der Waals surface area contributed by atoms with E-state index in [9.17, 15) is 4.79 Å². The van der Waals surface area contributed by atoms with Crippen LogP contribution < -0.4 is 10.1 Å². The first kappa shape index (κ1) is 16.7. The monoisotopic (exact) mass is 366 g/mol. The topological polar surface area (TPSA) is 69.0 Å². The summed E-state index contributed by atoms with van der Waals surface area (Å²) >= 11 is 1.57. The molecule has 0 aliphatic carbocycles. The van der Waals surface area contributed by atoms with E-state index in [1.807, 2.05) is 49.4 Å². The number of thioether (sulfide) groups is 1. The standard InChI is InChI=1S/C19H18N4O2S/c1-12-17-18(13-7-3-4-8-14(13)25-2)26-11-16(24)21-19(17)23(22-12)15-9-5-6-10-20-15/h3-10,18H,11H2,1-2H3,(H,21,24)/t18-/m1/s1. The van der Waals surface area contributed by atoms with Gasteiger partial charge in [-0.05, 0) is 25.1 Å². The lowest BCUT2D eigenvalue weighted by Gasteiger charge is -2.18. The van der Waals surface area contributed by atoms with Crippen LogP contribution in [0.2, 0.25) is 0 Å². The zero-order valence-corrected chi connectivity index (χ0v) is 15.3. The van der Waals surface area contributed by atoms with Crippen LogP contribution in [-0.2, 0) is 4.79 Å². The van der Waals surface area contributed by atoms with Crippen LogP contribution in [0.25, 0.3) is 5.82 Å². The van der Waals surface area contributed by atoms with Crippen LogP contribution in [0.3, 0.4) is 0 Å². The molecule has 1 atom stereocenters. The molecule has 1 N–H and O–H groups in total. The van der Waals surface area contributed by atoms with Gasteiger partial charge in [0.15, 0.2) is 5.82 Å². The molecule has 3 heterocycles. The van der Waals surface area contributed by atoms with Crippen molar-refractivity contribution in [1.29, 1.82) is 0 Å². The number of rotatable bonds is 3. The minimum atomic E-state index is -0.0578. The van der Waals surface area contributed by atoms with Gasteiger partial charge >= 0.3 is 0 Å². The van der Waals surface area contributed by atoms with E-state index in [4.69, 9.17) is 4.74 Å². The summed E-state index contributed by atoms with van der Waals surface area (Å²) in [7, 11) is 1.66. The molecule has 6 nitrogen and oxygen atoms in total. The number of aromatic nitrogens is 3. The first-order chi connectivity index (χ1) is 12.7. The van der Waals surface area contributed by atoms with Crippen LogP contribution in [0.4, 0.5) is 5.82 Å². The molecule has 0 unspecified atom stereocenters. The van der Waals surface area contributed by atoms with Crippen molar-refractivity contribution in [2.45, 2.75) is 12.2 Å². The molecule has 0 radical (unpaired) electrons. The van der Waals surface area contributed by atoms with E-state index in [1.54, 1.807) is 29.8 Å². The number of amides is 1. The highest BCUT2D eigenvalue weighted by molar-refractivity contribution is 8.00. The van der Waals surface area contributed by atoms with Crippen molar-refractivity contribution in [3.63, 3.8) is 0 Å². The Bertz CT molecular complexity index is 955. The molecule has 26 heavy (non-hydrogen) atoms. The Hall–Kier alpha value is -2.80. The Balaban J connectivity index is 1.92. The Labute approximate surface area is 155 Å². The summed E-state index contributed by atoms with van der Waals surface area (Å²) in [5.74, 6) is 2.45. The average molecular weight is 366 g/mol. The molecule has 2 aromatic heterocycles. The summed E-state index contributed by atoms with van der Waals surface area (Å²) in [5, 5.41) is 7.60. The molecule has 0 bridgehead atoms. The fraction of sp³-hybridized carbons (Fsp3) is 0.211. The van der Waals surface area contributed by atoms with E-state index < -0.39 is 0 Å². The predicted molar refractivity (Wildman–Crippen MR) is 102 cm³/mol. The highest BCUT2D eigenvalue weighted by Crippen LogP contribution is 2.46. The van der Waals surface area contributed by atoms with E-state index in [2.05, 4.69) is 15.4 Å². The zero-order chi connectivity index (χ0) is 18.1. The Morgan fingerprint density at radius 3 is 2.81 bits per heavy atom. The van der Waals surface area contributed by atoms with Crippen molar-refractivity contribution >= 4 is 23.5 Å². The number of hydrogen-bond donors (Lipinski definition) is 1. The van der Waals surface area contributed by atoms with E-state index in [-0.39, 0.29) is 11.2 Å². The Morgan fingerprint density at radius 2 is 2.04 bits per heavy atom. The molecule has 4 rings (SSSR count). The number of ether oxygens (including phenoxy) is 1. The summed E-state index contributed by atoms with van der Waals surface area (Å²) in [5.41, 5.74) is 2.87. The molecule has 0 spiro atoms. The number of anilines is 1. The number of aryl methyl sites for hydroxylation is 1. The van der Waals surface area contributed by atoms with Gasteiger partial charge in [0.25, 0.3) is 0 Å². The lowest BCUT2D eigenvalue weighted by atomic mass is 10.0. The van der Waals surface area contributed by atoms with Crippen molar-refractivity contribution in [3.8, 4) is 11.6 Å². The first-order valence-electron chi connectivity index (χ1n) is 8.24. The van der Waals surface area contributed by atoms with E-state index in [0.29, 0.717) is 17.4 Å². The van der Waals surface area contributed by atoms with Crippen molar-refractivity contribution in [2.24, 2.45) is 0 Å². The van der Waals surface area contributed by atoms with E-state index in [1.165, 1.54) is 0 Å². The van der Waals surface area contributed by atoms with Crippen molar-refractivity contribution in [2.75, 3.05) is 18.2 Å². The van der Waals surface area contributed by atoms with Gasteiger partial charge < -0.3 is 10.1 Å². The molecule has 3 aromatic rings. The van der Waals surface area contributed by atoms with Crippen LogP contribution in [0.1, 0.15) is 22.1 Å². The maximum atomic E-state index is 12.3. The van der Waals surface area contributed by atoms with E-state index >= 15 is 0 Å². The minimum Gasteiger partial charge on any atom is -0.496 e. The number of benzene rings is 1. The maximum Gasteiger partial charge on any atom is 0.235 e. The van der Waals surface area contributed by atoms with Gasteiger partial charge in [-0.25, -0.2) is 4.98 Å². The van der Waals surface area contributed by atoms with Gasteiger partial charge in [0, 0.05) is 17.3 Å². The normalized spacial score (nSPS) is 16.5. The second kappa shape index (κ2) is 6.84. The van der Waals surface area contributed by atoms with Crippen LogP contribution in [0.15, 0.2) is 48.7 Å². The molecular weight excluding hydrogens is 348 g/mol. The van der Waals surface area contributed by atoms with Crippen LogP contribution in [-0.4, -0.2) is 33.5 Å². The molecule has 1 aromatic carbocycles. The zero-order valence-electron chi connectivity index (χ0n) is 14.5. The molecule has 0 saturated heterocycles. The van der Waals surface area contributed by atoms with Crippen LogP contribution in [0, 0.1) is 6.92 Å². The van der Waals surface area contributed by atoms with Crippen molar-refractivity contribution in [1.82, 2.24) is 14.8 Å². The predicted octanol–water partition coefficient (Wildman–Crippen LogP) is 3.36. The number of carbonyl (C=O) groups excluding carboxylic acids is 1. The smallest absolute Gasteiger partial charge is 0.235 e. The number of nitrogens with one attached hydrogen (secondary N) is 1. The number of hydrogen-bond acceptors (Lipinski definition) is 5. The van der Waals surface area contributed by atoms with Gasteiger partial charge in [-0.15, -0.1) is 11.8 Å². The fourth-order valence-corrected chi connectivity index (χ4v) is 4.37. The second-order valence-corrected chi connectivity index (χ2v) is 7.02. The average Bonchev–Trinajstić information content (AvgIpc) is 2.88. The molecule has 132 valence electrons. The van der Waals surface area contributed by atoms with Gasteiger partial charge in [-0.3, -0.25) is 4.79 Å². The van der Waals surface area contributed by atoms with Gasteiger partial charge in [-0.1, -0.05) is 24.3 Å². The number of methoxy groups -OCH3 is 1. The van der Waals surface area contributed by atoms with Crippen LogP contribution in [0.5, 0.6) is 5.75 Å². The van der Waals surface area contributed by atoms with Crippen LogP contribution >= 0.6 is 11.8 Å². The fourth-order valence-electron chi connectivity index (χ4n) is 3.16. The molecule has 1 amide bonds. The largest absolute Gasteiger partial charge is 0.496 e. The Kier molecular flexibility index (Phi) is 4.38. The number of nitrogens with zero attached hydrogens (tertiary/aromatic N) is 3. The van der Waals surface area contributed by atoms with Crippen molar-refractivity contribution in [3.05, 3.63) is 65.5 Å². The minimum absolute atomic E-state index is 0.0503. The van der Waals surface area contributed by atoms with Gasteiger partial charge in [-0.2, -0.15) is 9.78 Å². The third-order valence-electron chi connectivity index (χ3n) is 4.30. The molecule has 0 saturated carbocycles. The third-order valence-corrected chi connectivity index (χ3v) is 5.55. The molecule has 0 fully saturated rings. The Morgan fingerprint density at radius 1 is 1.23 bits per heavy atom. The lowest BCUT2D eigenvalue weighted by Crippen LogP contribution is -2.16.